The number of benzene rings is 2. The number of rotatable bonds is 7. The maximum Gasteiger partial charge on any atom is 0.242 e. The number of amides is 2. The molecule has 2 aromatic rings. The second-order valence-corrected chi connectivity index (χ2v) is 6.49. The third-order valence-electron chi connectivity index (χ3n) is 4.67. The van der Waals surface area contributed by atoms with Gasteiger partial charge in [-0.1, -0.05) is 36.4 Å². The van der Waals surface area contributed by atoms with Crippen molar-refractivity contribution >= 4 is 11.8 Å². The standard InChI is InChI=1S/C21H24N2O4/c1-15(21(25)22-2)23(13-17-6-4-3-5-7-17)20(24)11-9-16-8-10-18-19(12-16)27-14-26-18/h3-8,10,12,15H,9,11,13-14H2,1-2H3,(H,22,25)/t15-/m1/s1. The largest absolute Gasteiger partial charge is 0.454 e. The van der Waals surface area contributed by atoms with Gasteiger partial charge in [0.05, 0.1) is 0 Å². The number of aryl methyl sites for hydroxylation is 1. The Kier molecular flexibility index (Phi) is 5.96. The molecule has 0 aliphatic carbocycles. The normalized spacial score (nSPS) is 13.1. The molecule has 1 aliphatic heterocycles. The van der Waals surface area contributed by atoms with E-state index in [0.717, 1.165) is 16.9 Å². The van der Waals surface area contributed by atoms with Crippen LogP contribution in [0.1, 0.15) is 24.5 Å². The minimum atomic E-state index is -0.542. The van der Waals surface area contributed by atoms with Gasteiger partial charge in [0.1, 0.15) is 6.04 Å². The molecule has 0 bridgehead atoms. The van der Waals surface area contributed by atoms with Crippen molar-refractivity contribution in [3.63, 3.8) is 0 Å². The number of likely N-dealkylation sites (N-methyl/N-ethyl adjacent to an activating group) is 1. The molecule has 2 aromatic carbocycles. The van der Waals surface area contributed by atoms with Crippen LogP contribution in [0.25, 0.3) is 0 Å². The van der Waals surface area contributed by atoms with Crippen LogP contribution in [0.2, 0.25) is 0 Å². The van der Waals surface area contributed by atoms with Crippen molar-refractivity contribution < 1.29 is 19.1 Å². The van der Waals surface area contributed by atoms with Crippen molar-refractivity contribution in [2.45, 2.75) is 32.4 Å². The summed E-state index contributed by atoms with van der Waals surface area (Å²) in [5.74, 6) is 1.19. The Morgan fingerprint density at radius 3 is 2.56 bits per heavy atom. The molecule has 6 heteroatoms. The summed E-state index contributed by atoms with van der Waals surface area (Å²) in [7, 11) is 1.58. The van der Waals surface area contributed by atoms with Gasteiger partial charge in [-0.05, 0) is 36.6 Å². The molecule has 142 valence electrons. The first-order valence-corrected chi connectivity index (χ1v) is 9.02. The summed E-state index contributed by atoms with van der Waals surface area (Å²) in [5, 5.41) is 2.62. The molecule has 1 aliphatic rings. The first kappa shape index (κ1) is 18.8. The molecule has 0 spiro atoms. The van der Waals surface area contributed by atoms with Gasteiger partial charge in [-0.25, -0.2) is 0 Å². The molecule has 0 fully saturated rings. The Morgan fingerprint density at radius 2 is 1.81 bits per heavy atom. The number of hydrogen-bond donors (Lipinski definition) is 1. The van der Waals surface area contributed by atoms with Gasteiger partial charge in [0, 0.05) is 20.0 Å². The first-order valence-electron chi connectivity index (χ1n) is 9.02. The third kappa shape index (κ3) is 4.58. The highest BCUT2D eigenvalue weighted by Gasteiger charge is 2.25. The zero-order valence-electron chi connectivity index (χ0n) is 15.6. The van der Waals surface area contributed by atoms with Gasteiger partial charge in [0.15, 0.2) is 11.5 Å². The van der Waals surface area contributed by atoms with Crippen LogP contribution in [-0.4, -0.2) is 36.6 Å². The fourth-order valence-corrected chi connectivity index (χ4v) is 3.06. The summed E-state index contributed by atoms with van der Waals surface area (Å²) < 4.78 is 10.7. The lowest BCUT2D eigenvalue weighted by Crippen LogP contribution is -2.46. The predicted octanol–water partition coefficient (Wildman–Crippen LogP) is 2.51. The summed E-state index contributed by atoms with van der Waals surface area (Å²) >= 11 is 0. The first-order chi connectivity index (χ1) is 13.1. The average Bonchev–Trinajstić information content (AvgIpc) is 3.17. The number of nitrogens with one attached hydrogen (secondary N) is 1. The van der Waals surface area contributed by atoms with Crippen molar-refractivity contribution in [2.24, 2.45) is 0 Å². The molecule has 0 saturated heterocycles. The average molecular weight is 368 g/mol. The van der Waals surface area contributed by atoms with Crippen molar-refractivity contribution in [2.75, 3.05) is 13.8 Å². The lowest BCUT2D eigenvalue weighted by Gasteiger charge is -2.28. The lowest BCUT2D eigenvalue weighted by molar-refractivity contribution is -0.140. The summed E-state index contributed by atoms with van der Waals surface area (Å²) in [6.07, 6.45) is 0.884. The number of fused-ring (bicyclic) bond motifs is 1. The molecule has 1 N–H and O–H groups in total. The molecule has 0 radical (unpaired) electrons. The van der Waals surface area contributed by atoms with Gasteiger partial charge in [0.25, 0.3) is 0 Å². The number of ether oxygens (including phenoxy) is 2. The zero-order chi connectivity index (χ0) is 19.2. The van der Waals surface area contributed by atoms with Crippen LogP contribution in [0.5, 0.6) is 11.5 Å². The van der Waals surface area contributed by atoms with Gasteiger partial charge in [-0.15, -0.1) is 0 Å². The minimum absolute atomic E-state index is 0.0624. The Hall–Kier alpha value is -3.02. The molecule has 0 unspecified atom stereocenters. The molecule has 0 aromatic heterocycles. The molecule has 27 heavy (non-hydrogen) atoms. The number of carbonyl (C=O) groups excluding carboxylic acids is 2. The van der Waals surface area contributed by atoms with E-state index in [1.54, 1.807) is 18.9 Å². The third-order valence-corrected chi connectivity index (χ3v) is 4.67. The van der Waals surface area contributed by atoms with Gasteiger partial charge in [-0.3, -0.25) is 9.59 Å². The molecule has 2 amide bonds. The second kappa shape index (κ2) is 8.58. The van der Waals surface area contributed by atoms with Crippen molar-refractivity contribution in [1.82, 2.24) is 10.2 Å². The Morgan fingerprint density at radius 1 is 1.07 bits per heavy atom. The minimum Gasteiger partial charge on any atom is -0.454 e. The molecule has 1 heterocycles. The zero-order valence-corrected chi connectivity index (χ0v) is 15.6. The van der Waals surface area contributed by atoms with E-state index in [1.165, 1.54) is 0 Å². The Balaban J connectivity index is 1.69. The SMILES string of the molecule is CNC(=O)[C@@H](C)N(Cc1ccccc1)C(=O)CCc1ccc2c(c1)OCO2. The van der Waals surface area contributed by atoms with Crippen LogP contribution in [0, 0.1) is 0 Å². The predicted molar refractivity (Wildman–Crippen MR) is 101 cm³/mol. The topological polar surface area (TPSA) is 67.9 Å². The van der Waals surface area contributed by atoms with E-state index in [-0.39, 0.29) is 18.6 Å². The molecular weight excluding hydrogens is 344 g/mol. The van der Waals surface area contributed by atoms with E-state index in [4.69, 9.17) is 9.47 Å². The van der Waals surface area contributed by atoms with Crippen molar-refractivity contribution in [3.8, 4) is 11.5 Å². The molecule has 1 atom stereocenters. The number of nitrogens with zero attached hydrogens (tertiary/aromatic N) is 1. The fourth-order valence-electron chi connectivity index (χ4n) is 3.06. The van der Waals surface area contributed by atoms with Crippen LogP contribution in [0.15, 0.2) is 48.5 Å². The monoisotopic (exact) mass is 368 g/mol. The van der Waals surface area contributed by atoms with E-state index >= 15 is 0 Å². The van der Waals surface area contributed by atoms with E-state index in [1.807, 2.05) is 48.5 Å². The number of hydrogen-bond acceptors (Lipinski definition) is 4. The van der Waals surface area contributed by atoms with Gasteiger partial charge in [-0.2, -0.15) is 0 Å². The fraction of sp³-hybridized carbons (Fsp3) is 0.333. The second-order valence-electron chi connectivity index (χ2n) is 6.49. The molecule has 0 saturated carbocycles. The highest BCUT2D eigenvalue weighted by molar-refractivity contribution is 5.87. The van der Waals surface area contributed by atoms with Crippen LogP contribution >= 0.6 is 0 Å². The van der Waals surface area contributed by atoms with E-state index in [9.17, 15) is 9.59 Å². The summed E-state index contributed by atoms with van der Waals surface area (Å²) in [5.41, 5.74) is 1.99. The summed E-state index contributed by atoms with van der Waals surface area (Å²) in [6, 6.07) is 14.8. The summed E-state index contributed by atoms with van der Waals surface area (Å²) in [4.78, 5) is 26.6. The van der Waals surface area contributed by atoms with Gasteiger partial charge in [0.2, 0.25) is 18.6 Å². The quantitative estimate of drug-likeness (QED) is 0.815. The molecule has 6 nitrogen and oxygen atoms in total. The van der Waals surface area contributed by atoms with Crippen molar-refractivity contribution in [1.29, 1.82) is 0 Å². The van der Waals surface area contributed by atoms with Crippen LogP contribution in [0.4, 0.5) is 0 Å². The van der Waals surface area contributed by atoms with E-state index in [2.05, 4.69) is 5.32 Å². The van der Waals surface area contributed by atoms with E-state index in [0.29, 0.717) is 25.1 Å². The van der Waals surface area contributed by atoms with Gasteiger partial charge >= 0.3 is 0 Å². The molecule has 3 rings (SSSR count). The lowest BCUT2D eigenvalue weighted by atomic mass is 10.1. The van der Waals surface area contributed by atoms with Crippen LogP contribution in [-0.2, 0) is 22.6 Å². The Bertz CT molecular complexity index is 807. The van der Waals surface area contributed by atoms with Crippen LogP contribution < -0.4 is 14.8 Å². The van der Waals surface area contributed by atoms with E-state index < -0.39 is 6.04 Å². The highest BCUT2D eigenvalue weighted by atomic mass is 16.7. The van der Waals surface area contributed by atoms with Gasteiger partial charge < -0.3 is 19.7 Å². The maximum absolute atomic E-state index is 12.9. The Labute approximate surface area is 159 Å². The smallest absolute Gasteiger partial charge is 0.242 e. The molecular formula is C21H24N2O4. The van der Waals surface area contributed by atoms with Crippen molar-refractivity contribution in [3.05, 3.63) is 59.7 Å². The summed E-state index contributed by atoms with van der Waals surface area (Å²) in [6.45, 7) is 2.38. The van der Waals surface area contributed by atoms with Crippen LogP contribution in [0.3, 0.4) is 0 Å². The highest BCUT2D eigenvalue weighted by Crippen LogP contribution is 2.32. The maximum atomic E-state index is 12.9. The number of carbonyl (C=O) groups is 2.